The van der Waals surface area contributed by atoms with Crippen molar-refractivity contribution in [3.63, 3.8) is 0 Å². The largest absolute Gasteiger partial charge is 0.466 e. The number of carbonyl (C=O) groups excluding carboxylic acids is 3. The van der Waals surface area contributed by atoms with E-state index < -0.39 is 11.9 Å². The van der Waals surface area contributed by atoms with E-state index in [0.717, 1.165) is 5.71 Å². The summed E-state index contributed by atoms with van der Waals surface area (Å²) in [6, 6.07) is 6.87. The molecule has 0 atom stereocenters. The molecule has 2 heterocycles. The Bertz CT molecular complexity index is 860. The first kappa shape index (κ1) is 18.6. The molecule has 0 radical (unpaired) electrons. The van der Waals surface area contributed by atoms with Gasteiger partial charge in [0.25, 0.3) is 5.91 Å². The van der Waals surface area contributed by atoms with Crippen LogP contribution in [0.5, 0.6) is 0 Å². The fourth-order valence-electron chi connectivity index (χ4n) is 2.90. The summed E-state index contributed by atoms with van der Waals surface area (Å²) in [6.07, 6.45) is 0.261. The van der Waals surface area contributed by atoms with Gasteiger partial charge in [-0.3, -0.25) is 4.79 Å². The highest BCUT2D eigenvalue weighted by Gasteiger charge is 2.33. The van der Waals surface area contributed by atoms with Crippen LogP contribution in [0.2, 0.25) is 0 Å². The summed E-state index contributed by atoms with van der Waals surface area (Å²) in [4.78, 5) is 38.0. The van der Waals surface area contributed by atoms with Crippen LogP contribution in [0.25, 0.3) is 0 Å². The number of carbonyl (C=O) groups is 3. The normalized spacial score (nSPS) is 17.1. The SMILES string of the molecule is COC(=O)C1=C(C(=O)OC)N(c2cccc(N3N=C(C)CC3=O)c2)COC1. The molecular formula is C18H19N3O6. The highest BCUT2D eigenvalue weighted by molar-refractivity contribution is 6.12. The molecule has 0 aliphatic carbocycles. The molecule has 2 aliphatic rings. The second-order valence-corrected chi connectivity index (χ2v) is 5.95. The van der Waals surface area contributed by atoms with Crippen LogP contribution in [0, 0.1) is 0 Å². The molecule has 0 spiro atoms. The number of amides is 1. The summed E-state index contributed by atoms with van der Waals surface area (Å²) in [5, 5.41) is 5.54. The summed E-state index contributed by atoms with van der Waals surface area (Å²) in [5.74, 6) is -1.50. The van der Waals surface area contributed by atoms with Gasteiger partial charge in [-0.15, -0.1) is 0 Å². The monoisotopic (exact) mass is 373 g/mol. The van der Waals surface area contributed by atoms with Gasteiger partial charge in [0.2, 0.25) is 0 Å². The Hall–Kier alpha value is -3.20. The van der Waals surface area contributed by atoms with Crippen molar-refractivity contribution in [1.29, 1.82) is 0 Å². The summed E-state index contributed by atoms with van der Waals surface area (Å²) >= 11 is 0. The quantitative estimate of drug-likeness (QED) is 0.731. The average Bonchev–Trinajstić information content (AvgIpc) is 3.04. The van der Waals surface area contributed by atoms with Gasteiger partial charge >= 0.3 is 11.9 Å². The molecule has 1 amide bonds. The second-order valence-electron chi connectivity index (χ2n) is 5.95. The lowest BCUT2D eigenvalue weighted by Gasteiger charge is -2.31. The zero-order valence-electron chi connectivity index (χ0n) is 15.2. The third-order valence-electron chi connectivity index (χ3n) is 4.13. The lowest BCUT2D eigenvalue weighted by Crippen LogP contribution is -2.38. The van der Waals surface area contributed by atoms with Gasteiger partial charge in [0.1, 0.15) is 12.4 Å². The number of ether oxygens (including phenoxy) is 3. The fraction of sp³-hybridized carbons (Fsp3) is 0.333. The van der Waals surface area contributed by atoms with Crippen LogP contribution >= 0.6 is 0 Å². The minimum Gasteiger partial charge on any atom is -0.466 e. The maximum absolute atomic E-state index is 12.3. The van der Waals surface area contributed by atoms with E-state index in [4.69, 9.17) is 14.2 Å². The van der Waals surface area contributed by atoms with Gasteiger partial charge in [-0.1, -0.05) is 6.07 Å². The Morgan fingerprint density at radius 1 is 1.15 bits per heavy atom. The molecule has 0 unspecified atom stereocenters. The molecule has 1 aromatic rings. The van der Waals surface area contributed by atoms with Crippen molar-refractivity contribution in [1.82, 2.24) is 0 Å². The van der Waals surface area contributed by atoms with E-state index in [1.807, 2.05) is 0 Å². The first-order chi connectivity index (χ1) is 13.0. The number of methoxy groups -OCH3 is 2. The summed E-state index contributed by atoms with van der Waals surface area (Å²) in [6.45, 7) is 1.74. The van der Waals surface area contributed by atoms with Crippen molar-refractivity contribution in [2.45, 2.75) is 13.3 Å². The standard InChI is InChI=1S/C18H19N3O6/c1-11-7-15(22)21(19-11)13-6-4-5-12(8-13)20-10-27-9-14(17(23)25-2)16(20)18(24)26-3/h4-6,8H,7,9-10H2,1-3H3. The number of rotatable bonds is 4. The smallest absolute Gasteiger partial charge is 0.355 e. The van der Waals surface area contributed by atoms with Crippen LogP contribution in [0.3, 0.4) is 0 Å². The topological polar surface area (TPSA) is 97.7 Å². The van der Waals surface area contributed by atoms with E-state index in [-0.39, 0.29) is 36.9 Å². The molecule has 9 nitrogen and oxygen atoms in total. The molecule has 3 rings (SSSR count). The van der Waals surface area contributed by atoms with Gasteiger partial charge in [0.15, 0.2) is 0 Å². The Morgan fingerprint density at radius 3 is 2.48 bits per heavy atom. The molecule has 0 saturated carbocycles. The Kier molecular flexibility index (Phi) is 5.22. The zero-order chi connectivity index (χ0) is 19.6. The van der Waals surface area contributed by atoms with Gasteiger partial charge < -0.3 is 19.1 Å². The summed E-state index contributed by atoms with van der Waals surface area (Å²) in [5.41, 5.74) is 1.91. The Balaban J connectivity index is 2.04. The van der Waals surface area contributed by atoms with E-state index in [2.05, 4.69) is 5.10 Å². The Morgan fingerprint density at radius 2 is 1.85 bits per heavy atom. The number of anilines is 2. The van der Waals surface area contributed by atoms with Crippen LogP contribution in [-0.4, -0.2) is 51.1 Å². The third-order valence-corrected chi connectivity index (χ3v) is 4.13. The number of hydrogen-bond acceptors (Lipinski definition) is 8. The molecule has 0 saturated heterocycles. The maximum atomic E-state index is 12.3. The van der Waals surface area contributed by atoms with E-state index in [9.17, 15) is 14.4 Å². The van der Waals surface area contributed by atoms with Gasteiger partial charge in [-0.2, -0.15) is 5.10 Å². The van der Waals surface area contributed by atoms with Crippen molar-refractivity contribution in [2.75, 3.05) is 37.5 Å². The van der Waals surface area contributed by atoms with Gasteiger partial charge in [-0.25, -0.2) is 14.6 Å². The van der Waals surface area contributed by atoms with Crippen LogP contribution in [0.1, 0.15) is 13.3 Å². The van der Waals surface area contributed by atoms with Gasteiger partial charge in [-0.05, 0) is 25.1 Å². The summed E-state index contributed by atoms with van der Waals surface area (Å²) < 4.78 is 15.0. The number of hydrazone groups is 1. The van der Waals surface area contributed by atoms with Gasteiger partial charge in [0.05, 0.1) is 38.5 Å². The van der Waals surface area contributed by atoms with Crippen LogP contribution in [0.4, 0.5) is 11.4 Å². The van der Waals surface area contributed by atoms with Crippen molar-refractivity contribution in [3.05, 3.63) is 35.5 Å². The minimum absolute atomic E-state index is 0.0324. The van der Waals surface area contributed by atoms with E-state index in [1.54, 1.807) is 31.2 Å². The number of nitrogens with zero attached hydrogens (tertiary/aromatic N) is 3. The predicted molar refractivity (Wildman–Crippen MR) is 96.0 cm³/mol. The number of hydrogen-bond donors (Lipinski definition) is 0. The molecule has 0 N–H and O–H groups in total. The second kappa shape index (κ2) is 7.58. The average molecular weight is 373 g/mol. The molecule has 1 aromatic carbocycles. The Labute approximate surface area is 155 Å². The van der Waals surface area contributed by atoms with E-state index >= 15 is 0 Å². The lowest BCUT2D eigenvalue weighted by atomic mass is 10.1. The van der Waals surface area contributed by atoms with Crippen molar-refractivity contribution >= 4 is 34.9 Å². The molecule has 2 aliphatic heterocycles. The van der Waals surface area contributed by atoms with Crippen molar-refractivity contribution in [3.8, 4) is 0 Å². The highest BCUT2D eigenvalue weighted by Crippen LogP contribution is 2.30. The third kappa shape index (κ3) is 3.54. The number of benzene rings is 1. The minimum atomic E-state index is -0.685. The molecule has 142 valence electrons. The van der Waals surface area contributed by atoms with Crippen LogP contribution < -0.4 is 9.91 Å². The molecule has 27 heavy (non-hydrogen) atoms. The van der Waals surface area contributed by atoms with Gasteiger partial charge in [0, 0.05) is 11.4 Å². The molecule has 0 fully saturated rings. The first-order valence-corrected chi connectivity index (χ1v) is 8.18. The van der Waals surface area contributed by atoms with E-state index in [0.29, 0.717) is 11.4 Å². The highest BCUT2D eigenvalue weighted by atomic mass is 16.5. The molecule has 9 heteroatoms. The molecular weight excluding hydrogens is 354 g/mol. The van der Waals surface area contributed by atoms with Crippen molar-refractivity contribution < 1.29 is 28.6 Å². The van der Waals surface area contributed by atoms with E-state index in [1.165, 1.54) is 24.1 Å². The van der Waals surface area contributed by atoms with Crippen LogP contribution in [-0.2, 0) is 28.6 Å². The zero-order valence-corrected chi connectivity index (χ0v) is 15.2. The number of esters is 2. The first-order valence-electron chi connectivity index (χ1n) is 8.18. The molecule has 0 aromatic heterocycles. The summed E-state index contributed by atoms with van der Waals surface area (Å²) in [7, 11) is 2.46. The fourth-order valence-corrected chi connectivity index (χ4v) is 2.90. The lowest BCUT2D eigenvalue weighted by molar-refractivity contribution is -0.140. The van der Waals surface area contributed by atoms with Crippen LogP contribution in [0.15, 0.2) is 40.6 Å². The maximum Gasteiger partial charge on any atom is 0.355 e. The van der Waals surface area contributed by atoms with Crippen molar-refractivity contribution in [2.24, 2.45) is 5.10 Å². The predicted octanol–water partition coefficient (Wildman–Crippen LogP) is 1.19. The molecule has 0 bridgehead atoms.